The summed E-state index contributed by atoms with van der Waals surface area (Å²) in [5.74, 6) is -0.942. The third-order valence-corrected chi connectivity index (χ3v) is 6.07. The summed E-state index contributed by atoms with van der Waals surface area (Å²) in [5.41, 5.74) is 0. The van der Waals surface area contributed by atoms with Crippen LogP contribution in [0, 0.1) is 0 Å². The fourth-order valence-corrected chi connectivity index (χ4v) is 4.17. The summed E-state index contributed by atoms with van der Waals surface area (Å²) < 4.78 is 34.5. The van der Waals surface area contributed by atoms with Crippen molar-refractivity contribution in [3.05, 3.63) is 0 Å². The molecule has 0 spiro atoms. The molecule has 0 unspecified atom stereocenters. The first-order chi connectivity index (χ1) is 14.5. The molecule has 0 aromatic heterocycles. The first kappa shape index (κ1) is 33.6. The molecular weight excluding hydrogens is 423 g/mol. The predicted octanol–water partition coefficient (Wildman–Crippen LogP) is 4.60. The fourth-order valence-electron chi connectivity index (χ4n) is 3.86. The molecule has 0 aliphatic heterocycles. The van der Waals surface area contributed by atoms with Crippen LogP contribution in [-0.4, -0.2) is 18.9 Å². The van der Waals surface area contributed by atoms with E-state index in [0.717, 1.165) is 19.3 Å². The SMILES string of the molecule is CCCCCCCCCCCCCCCCCCCCCCCC(=O)OS(=O)(=O)[O-].[Na+]. The Kier molecular flexibility index (Phi) is 27.1. The molecule has 0 atom stereocenters. The van der Waals surface area contributed by atoms with Crippen molar-refractivity contribution >= 4 is 16.4 Å². The van der Waals surface area contributed by atoms with Crippen molar-refractivity contribution in [3.8, 4) is 0 Å². The van der Waals surface area contributed by atoms with Gasteiger partial charge in [0, 0.05) is 6.42 Å². The number of carbonyl (C=O) groups excluding carboxylic acids is 1. The van der Waals surface area contributed by atoms with Crippen molar-refractivity contribution in [2.45, 2.75) is 148 Å². The van der Waals surface area contributed by atoms with Crippen molar-refractivity contribution in [1.82, 2.24) is 0 Å². The van der Waals surface area contributed by atoms with Crippen molar-refractivity contribution in [3.63, 3.8) is 0 Å². The van der Waals surface area contributed by atoms with Gasteiger partial charge in [-0.1, -0.05) is 135 Å². The number of rotatable bonds is 23. The van der Waals surface area contributed by atoms with Crippen LogP contribution in [0.15, 0.2) is 0 Å². The van der Waals surface area contributed by atoms with E-state index in [1.165, 1.54) is 109 Å². The maximum Gasteiger partial charge on any atom is 1.00 e. The molecule has 0 saturated heterocycles. The molecule has 0 aliphatic rings. The summed E-state index contributed by atoms with van der Waals surface area (Å²) in [6.45, 7) is 2.27. The van der Waals surface area contributed by atoms with E-state index in [-0.39, 0.29) is 36.0 Å². The molecule has 0 rings (SSSR count). The number of carbonyl (C=O) groups is 1. The Labute approximate surface area is 215 Å². The quantitative estimate of drug-likeness (QED) is 0.0943. The van der Waals surface area contributed by atoms with Crippen molar-refractivity contribution in [2.75, 3.05) is 0 Å². The molecular formula is C24H47NaO5S. The van der Waals surface area contributed by atoms with Crippen LogP contribution in [-0.2, 0) is 19.4 Å². The van der Waals surface area contributed by atoms with Crippen LogP contribution in [0.3, 0.4) is 0 Å². The van der Waals surface area contributed by atoms with Crippen molar-refractivity contribution < 1.29 is 51.5 Å². The molecule has 0 amide bonds. The van der Waals surface area contributed by atoms with Crippen LogP contribution >= 0.6 is 0 Å². The van der Waals surface area contributed by atoms with Crippen LogP contribution in [0.1, 0.15) is 148 Å². The molecule has 0 aromatic carbocycles. The molecule has 0 aromatic rings. The molecule has 5 nitrogen and oxygen atoms in total. The summed E-state index contributed by atoms with van der Waals surface area (Å²) in [6, 6.07) is 0. The number of unbranched alkanes of at least 4 members (excludes halogenated alkanes) is 20. The minimum Gasteiger partial charge on any atom is -0.716 e. The van der Waals surface area contributed by atoms with Crippen LogP contribution in [0.25, 0.3) is 0 Å². The van der Waals surface area contributed by atoms with Gasteiger partial charge in [-0.05, 0) is 6.42 Å². The Bertz CT molecular complexity index is 482. The van der Waals surface area contributed by atoms with E-state index in [1.54, 1.807) is 0 Å². The zero-order chi connectivity index (χ0) is 22.3. The van der Waals surface area contributed by atoms with Gasteiger partial charge >= 0.3 is 35.5 Å². The molecule has 0 radical (unpaired) electrons. The summed E-state index contributed by atoms with van der Waals surface area (Å²) in [5, 5.41) is 0. The first-order valence-corrected chi connectivity index (χ1v) is 14.0. The summed E-state index contributed by atoms with van der Waals surface area (Å²) in [4.78, 5) is 11.1. The van der Waals surface area contributed by atoms with Gasteiger partial charge in [0.15, 0.2) is 0 Å². The Morgan fingerprint density at radius 1 is 0.581 bits per heavy atom. The standard InChI is InChI=1S/C24H48O5S.Na/c1-2-3-4-5-6-7-8-9-10-11-12-13-14-15-16-17-18-19-20-21-22-23-24(25)29-30(26,27)28;/h2-23H2,1H3,(H,26,27,28);/q;+1/p-1. The molecule has 0 saturated carbocycles. The number of hydrogen-bond donors (Lipinski definition) is 0. The topological polar surface area (TPSA) is 83.5 Å². The Balaban J connectivity index is 0. The van der Waals surface area contributed by atoms with E-state index in [2.05, 4.69) is 11.1 Å². The van der Waals surface area contributed by atoms with E-state index in [9.17, 15) is 17.8 Å². The average Bonchev–Trinajstić information content (AvgIpc) is 2.68. The van der Waals surface area contributed by atoms with E-state index in [4.69, 9.17) is 0 Å². The van der Waals surface area contributed by atoms with Gasteiger partial charge in [0.1, 0.15) is 0 Å². The van der Waals surface area contributed by atoms with Crippen molar-refractivity contribution in [1.29, 1.82) is 0 Å². The first-order valence-electron chi connectivity index (χ1n) is 12.6. The second-order valence-corrected chi connectivity index (χ2v) is 9.67. The zero-order valence-electron chi connectivity index (χ0n) is 20.5. The summed E-state index contributed by atoms with van der Waals surface area (Å²) in [7, 11) is -4.90. The maximum atomic E-state index is 11.1. The van der Waals surface area contributed by atoms with Crippen LogP contribution in [0.2, 0.25) is 0 Å². The Morgan fingerprint density at radius 2 is 0.839 bits per heavy atom. The Morgan fingerprint density at radius 3 is 1.10 bits per heavy atom. The molecule has 7 heteroatoms. The smallest absolute Gasteiger partial charge is 0.716 e. The van der Waals surface area contributed by atoms with Gasteiger partial charge < -0.3 is 8.74 Å². The van der Waals surface area contributed by atoms with E-state index in [0.29, 0.717) is 6.42 Å². The normalized spacial score (nSPS) is 11.3. The summed E-state index contributed by atoms with van der Waals surface area (Å²) >= 11 is 0. The van der Waals surface area contributed by atoms with E-state index < -0.39 is 16.4 Å². The zero-order valence-corrected chi connectivity index (χ0v) is 23.3. The minimum atomic E-state index is -4.90. The fraction of sp³-hybridized carbons (Fsp3) is 0.958. The predicted molar refractivity (Wildman–Crippen MR) is 123 cm³/mol. The van der Waals surface area contributed by atoms with E-state index >= 15 is 0 Å². The minimum absolute atomic E-state index is 0. The van der Waals surface area contributed by atoms with Crippen LogP contribution < -0.4 is 29.6 Å². The van der Waals surface area contributed by atoms with Gasteiger partial charge in [-0.15, -0.1) is 0 Å². The third kappa shape index (κ3) is 30.4. The maximum absolute atomic E-state index is 11.1. The van der Waals surface area contributed by atoms with Gasteiger partial charge in [0.2, 0.25) is 0 Å². The molecule has 0 aliphatic carbocycles. The Hall–Kier alpha value is 0.380. The largest absolute Gasteiger partial charge is 1.00 e. The molecule has 0 bridgehead atoms. The molecule has 180 valence electrons. The van der Waals surface area contributed by atoms with Gasteiger partial charge in [-0.2, -0.15) is 0 Å². The molecule has 0 fully saturated rings. The second kappa shape index (κ2) is 25.0. The molecule has 0 N–H and O–H groups in total. The van der Waals surface area contributed by atoms with Gasteiger partial charge in [-0.3, -0.25) is 4.79 Å². The van der Waals surface area contributed by atoms with Gasteiger partial charge in [-0.25, -0.2) is 8.42 Å². The van der Waals surface area contributed by atoms with Crippen LogP contribution in [0.4, 0.5) is 0 Å². The third-order valence-electron chi connectivity index (χ3n) is 5.68. The number of hydrogen-bond acceptors (Lipinski definition) is 5. The second-order valence-electron chi connectivity index (χ2n) is 8.68. The molecule has 0 heterocycles. The van der Waals surface area contributed by atoms with E-state index in [1.807, 2.05) is 0 Å². The van der Waals surface area contributed by atoms with Gasteiger partial charge in [0.05, 0.1) is 0 Å². The van der Waals surface area contributed by atoms with Crippen molar-refractivity contribution in [2.24, 2.45) is 0 Å². The average molecular weight is 471 g/mol. The summed E-state index contributed by atoms with van der Waals surface area (Å²) in [6.07, 6.45) is 27.1. The van der Waals surface area contributed by atoms with Crippen LogP contribution in [0.5, 0.6) is 0 Å². The monoisotopic (exact) mass is 470 g/mol. The molecule has 31 heavy (non-hydrogen) atoms. The van der Waals surface area contributed by atoms with Gasteiger partial charge in [0.25, 0.3) is 10.4 Å².